The second-order valence-electron chi connectivity index (χ2n) is 5.64. The lowest BCUT2D eigenvalue weighted by atomic mass is 10.1. The molecule has 1 fully saturated rings. The van der Waals surface area contributed by atoms with E-state index in [4.69, 9.17) is 5.11 Å². The Balaban J connectivity index is 1.97. The Hall–Kier alpha value is -1.39. The predicted molar refractivity (Wildman–Crippen MR) is 79.6 cm³/mol. The van der Waals surface area contributed by atoms with Crippen LogP contribution in [-0.4, -0.2) is 52.6 Å². The molecule has 0 amide bonds. The molecule has 2 atom stereocenters. The van der Waals surface area contributed by atoms with Gasteiger partial charge in [-0.3, -0.25) is 14.6 Å². The van der Waals surface area contributed by atoms with E-state index in [0.29, 0.717) is 6.04 Å². The van der Waals surface area contributed by atoms with Crippen LogP contribution >= 0.6 is 0 Å². The highest BCUT2D eigenvalue weighted by atomic mass is 16.4. The van der Waals surface area contributed by atoms with Gasteiger partial charge in [-0.05, 0) is 25.8 Å². The monoisotopic (exact) mass is 276 g/mol. The standard InChI is InChI=1S/C16H24N2O2/c1-13-8-9-17(14(2)16(19)20)10-11-18(13)12-15-6-4-3-5-7-15/h3-7,13-14H,8-12H2,1-2H3,(H,19,20)/t13-,14-/m0/s1. The SMILES string of the molecule is C[C@H]1CCN([C@@H](C)C(=O)O)CCN1Cc1ccccc1. The molecule has 110 valence electrons. The number of carbonyl (C=O) groups is 1. The smallest absolute Gasteiger partial charge is 0.320 e. The van der Waals surface area contributed by atoms with Crippen LogP contribution in [0.15, 0.2) is 30.3 Å². The Kier molecular flexibility index (Phi) is 5.15. The van der Waals surface area contributed by atoms with Gasteiger partial charge in [0.15, 0.2) is 0 Å². The van der Waals surface area contributed by atoms with Crippen molar-refractivity contribution in [2.45, 2.75) is 38.9 Å². The van der Waals surface area contributed by atoms with Crippen molar-refractivity contribution in [3.63, 3.8) is 0 Å². The molecule has 1 aromatic rings. The molecule has 4 nitrogen and oxygen atoms in total. The van der Waals surface area contributed by atoms with E-state index in [1.54, 1.807) is 6.92 Å². The molecule has 0 aromatic heterocycles. The lowest BCUT2D eigenvalue weighted by molar-refractivity contribution is -0.142. The number of carboxylic acids is 1. The van der Waals surface area contributed by atoms with Gasteiger partial charge in [-0.25, -0.2) is 0 Å². The van der Waals surface area contributed by atoms with Gasteiger partial charge >= 0.3 is 5.97 Å². The fraction of sp³-hybridized carbons (Fsp3) is 0.562. The van der Waals surface area contributed by atoms with Crippen molar-refractivity contribution in [1.29, 1.82) is 0 Å². The van der Waals surface area contributed by atoms with Gasteiger partial charge in [0.1, 0.15) is 6.04 Å². The molecule has 2 rings (SSSR count). The highest BCUT2D eigenvalue weighted by molar-refractivity contribution is 5.72. The van der Waals surface area contributed by atoms with E-state index < -0.39 is 5.97 Å². The quantitative estimate of drug-likeness (QED) is 0.914. The third kappa shape index (κ3) is 3.81. The summed E-state index contributed by atoms with van der Waals surface area (Å²) in [6.45, 7) is 7.56. The third-order valence-corrected chi connectivity index (χ3v) is 4.27. The molecule has 0 unspecified atom stereocenters. The third-order valence-electron chi connectivity index (χ3n) is 4.27. The molecule has 1 aliphatic rings. The van der Waals surface area contributed by atoms with E-state index in [9.17, 15) is 4.79 Å². The first-order chi connectivity index (χ1) is 9.58. The van der Waals surface area contributed by atoms with E-state index in [0.717, 1.165) is 32.6 Å². The Labute approximate surface area is 121 Å². The summed E-state index contributed by atoms with van der Waals surface area (Å²) in [4.78, 5) is 15.6. The molecule has 1 heterocycles. The van der Waals surface area contributed by atoms with E-state index in [1.165, 1.54) is 5.56 Å². The van der Waals surface area contributed by atoms with Gasteiger partial charge in [-0.1, -0.05) is 30.3 Å². The zero-order valence-electron chi connectivity index (χ0n) is 12.3. The van der Waals surface area contributed by atoms with Crippen LogP contribution in [0, 0.1) is 0 Å². The number of carboxylic acid groups (broad SMARTS) is 1. The number of aliphatic carboxylic acids is 1. The normalized spacial score (nSPS) is 23.2. The van der Waals surface area contributed by atoms with Crippen LogP contribution in [0.1, 0.15) is 25.8 Å². The van der Waals surface area contributed by atoms with Gasteiger partial charge in [-0.2, -0.15) is 0 Å². The maximum Gasteiger partial charge on any atom is 0.320 e. The molecule has 1 aliphatic heterocycles. The molecule has 1 saturated heterocycles. The van der Waals surface area contributed by atoms with Gasteiger partial charge in [-0.15, -0.1) is 0 Å². The van der Waals surface area contributed by atoms with Crippen molar-refractivity contribution in [1.82, 2.24) is 9.80 Å². The molecule has 0 radical (unpaired) electrons. The van der Waals surface area contributed by atoms with Gasteiger partial charge in [0.2, 0.25) is 0 Å². The molecule has 20 heavy (non-hydrogen) atoms. The minimum Gasteiger partial charge on any atom is -0.480 e. The van der Waals surface area contributed by atoms with Crippen LogP contribution in [0.4, 0.5) is 0 Å². The molecule has 0 aliphatic carbocycles. The summed E-state index contributed by atoms with van der Waals surface area (Å²) in [6.07, 6.45) is 1.02. The number of rotatable bonds is 4. The minimum absolute atomic E-state index is 0.390. The molecule has 0 spiro atoms. The average Bonchev–Trinajstić information content (AvgIpc) is 2.62. The first kappa shape index (κ1) is 15.0. The molecule has 0 saturated carbocycles. The van der Waals surface area contributed by atoms with E-state index in [2.05, 4.69) is 41.0 Å². The Bertz CT molecular complexity index is 435. The van der Waals surface area contributed by atoms with Crippen LogP contribution in [-0.2, 0) is 11.3 Å². The summed E-state index contributed by atoms with van der Waals surface area (Å²) >= 11 is 0. The zero-order chi connectivity index (χ0) is 14.5. The predicted octanol–water partition coefficient (Wildman–Crippen LogP) is 2.06. The maximum absolute atomic E-state index is 11.1. The summed E-state index contributed by atoms with van der Waals surface area (Å²) in [5, 5.41) is 9.14. The van der Waals surface area contributed by atoms with Crippen molar-refractivity contribution < 1.29 is 9.90 Å². The maximum atomic E-state index is 11.1. The minimum atomic E-state index is -0.728. The summed E-state index contributed by atoms with van der Waals surface area (Å²) < 4.78 is 0. The Morgan fingerprint density at radius 1 is 1.30 bits per heavy atom. The summed E-state index contributed by atoms with van der Waals surface area (Å²) in [5.41, 5.74) is 1.32. The second-order valence-corrected chi connectivity index (χ2v) is 5.64. The largest absolute Gasteiger partial charge is 0.480 e. The first-order valence-electron chi connectivity index (χ1n) is 7.32. The zero-order valence-corrected chi connectivity index (χ0v) is 12.3. The number of hydrogen-bond acceptors (Lipinski definition) is 3. The lowest BCUT2D eigenvalue weighted by Crippen LogP contribution is -2.41. The fourth-order valence-corrected chi connectivity index (χ4v) is 2.72. The molecular weight excluding hydrogens is 252 g/mol. The lowest BCUT2D eigenvalue weighted by Gasteiger charge is -2.26. The molecular formula is C16H24N2O2. The molecule has 4 heteroatoms. The van der Waals surface area contributed by atoms with Crippen LogP contribution < -0.4 is 0 Å². The van der Waals surface area contributed by atoms with Crippen LogP contribution in [0.3, 0.4) is 0 Å². The van der Waals surface area contributed by atoms with Crippen LogP contribution in [0.25, 0.3) is 0 Å². The van der Waals surface area contributed by atoms with E-state index in [-0.39, 0.29) is 6.04 Å². The van der Waals surface area contributed by atoms with E-state index in [1.807, 2.05) is 6.07 Å². The highest BCUT2D eigenvalue weighted by Gasteiger charge is 2.26. The van der Waals surface area contributed by atoms with Gasteiger partial charge in [0.05, 0.1) is 0 Å². The fourth-order valence-electron chi connectivity index (χ4n) is 2.72. The van der Waals surface area contributed by atoms with Gasteiger partial charge < -0.3 is 5.11 Å². The Morgan fingerprint density at radius 2 is 2.00 bits per heavy atom. The van der Waals surface area contributed by atoms with Crippen molar-refractivity contribution in [2.75, 3.05) is 19.6 Å². The number of benzene rings is 1. The second kappa shape index (κ2) is 6.86. The molecule has 0 bridgehead atoms. The van der Waals surface area contributed by atoms with Crippen molar-refractivity contribution in [3.05, 3.63) is 35.9 Å². The highest BCUT2D eigenvalue weighted by Crippen LogP contribution is 2.16. The Morgan fingerprint density at radius 3 is 2.65 bits per heavy atom. The van der Waals surface area contributed by atoms with Crippen molar-refractivity contribution in [2.24, 2.45) is 0 Å². The number of hydrogen-bond donors (Lipinski definition) is 1. The van der Waals surface area contributed by atoms with Gasteiger partial charge in [0.25, 0.3) is 0 Å². The van der Waals surface area contributed by atoms with Crippen molar-refractivity contribution in [3.8, 4) is 0 Å². The van der Waals surface area contributed by atoms with Crippen molar-refractivity contribution >= 4 is 5.97 Å². The molecule has 1 N–H and O–H groups in total. The number of nitrogens with zero attached hydrogens (tertiary/aromatic N) is 2. The topological polar surface area (TPSA) is 43.8 Å². The van der Waals surface area contributed by atoms with E-state index >= 15 is 0 Å². The summed E-state index contributed by atoms with van der Waals surface area (Å²) in [5.74, 6) is -0.728. The van der Waals surface area contributed by atoms with Crippen LogP contribution in [0.2, 0.25) is 0 Å². The summed E-state index contributed by atoms with van der Waals surface area (Å²) in [7, 11) is 0. The first-order valence-corrected chi connectivity index (χ1v) is 7.32. The summed E-state index contributed by atoms with van der Waals surface area (Å²) in [6, 6.07) is 10.6. The average molecular weight is 276 g/mol. The van der Waals surface area contributed by atoms with Gasteiger partial charge in [0, 0.05) is 32.2 Å². The molecule has 1 aromatic carbocycles. The van der Waals surface area contributed by atoms with Crippen LogP contribution in [0.5, 0.6) is 0 Å².